The number of para-hydroxylation sites is 1. The Bertz CT molecular complexity index is 1040. The Balaban J connectivity index is 1.62. The second-order valence-electron chi connectivity index (χ2n) is 5.24. The van der Waals surface area contributed by atoms with Crippen molar-refractivity contribution in [2.45, 2.75) is 0 Å². The van der Waals surface area contributed by atoms with Gasteiger partial charge >= 0.3 is 0 Å². The lowest BCUT2D eigenvalue weighted by molar-refractivity contribution is 0.0997. The van der Waals surface area contributed by atoms with Crippen LogP contribution in [-0.2, 0) is 0 Å². The molecular weight excluding hydrogens is 326 g/mol. The number of amides is 1. The van der Waals surface area contributed by atoms with Crippen molar-refractivity contribution in [1.82, 2.24) is 10.2 Å². The second kappa shape index (κ2) is 5.86. The van der Waals surface area contributed by atoms with Crippen molar-refractivity contribution in [3.8, 4) is 11.3 Å². The van der Waals surface area contributed by atoms with E-state index in [0.29, 0.717) is 16.5 Å². The van der Waals surface area contributed by atoms with Gasteiger partial charge in [0, 0.05) is 10.9 Å². The lowest BCUT2D eigenvalue weighted by Gasteiger charge is -2.04. The maximum Gasteiger partial charge on any atom is 0.291 e. The molecule has 4 aromatic rings. The molecule has 2 aromatic carbocycles. The molecule has 4 rings (SSSR count). The standard InChI is InChI=1S/C18H12ClN3O2/c19-13-6-2-1-5-12(13)15-8-9-16(24-15)18(23)21-14-7-3-4-11-10-20-22-17(11)14/h1-10H,(H,20,22)(H,21,23). The molecule has 0 bridgehead atoms. The summed E-state index contributed by atoms with van der Waals surface area (Å²) < 4.78 is 5.66. The van der Waals surface area contributed by atoms with Gasteiger partial charge in [0.25, 0.3) is 5.91 Å². The summed E-state index contributed by atoms with van der Waals surface area (Å²) in [6, 6.07) is 16.2. The molecule has 24 heavy (non-hydrogen) atoms. The van der Waals surface area contributed by atoms with Gasteiger partial charge in [-0.25, -0.2) is 0 Å². The minimum atomic E-state index is -0.338. The minimum absolute atomic E-state index is 0.210. The van der Waals surface area contributed by atoms with Gasteiger partial charge in [0.1, 0.15) is 5.76 Å². The largest absolute Gasteiger partial charge is 0.451 e. The zero-order valence-electron chi connectivity index (χ0n) is 12.4. The first-order valence-corrected chi connectivity index (χ1v) is 7.68. The van der Waals surface area contributed by atoms with Crippen LogP contribution in [-0.4, -0.2) is 16.1 Å². The summed E-state index contributed by atoms with van der Waals surface area (Å²) >= 11 is 6.16. The van der Waals surface area contributed by atoms with Crippen molar-refractivity contribution in [3.63, 3.8) is 0 Å². The average Bonchev–Trinajstić information content (AvgIpc) is 3.25. The van der Waals surface area contributed by atoms with Gasteiger partial charge in [-0.05, 0) is 30.3 Å². The van der Waals surface area contributed by atoms with Crippen LogP contribution in [0.1, 0.15) is 10.6 Å². The quantitative estimate of drug-likeness (QED) is 0.567. The number of anilines is 1. The topological polar surface area (TPSA) is 70.9 Å². The number of hydrogen-bond acceptors (Lipinski definition) is 3. The summed E-state index contributed by atoms with van der Waals surface area (Å²) in [4.78, 5) is 12.4. The van der Waals surface area contributed by atoms with Crippen LogP contribution in [0.4, 0.5) is 5.69 Å². The maximum absolute atomic E-state index is 12.4. The number of carbonyl (C=O) groups is 1. The third kappa shape index (κ3) is 2.55. The summed E-state index contributed by atoms with van der Waals surface area (Å²) in [5.41, 5.74) is 2.16. The molecule has 2 aromatic heterocycles. The lowest BCUT2D eigenvalue weighted by Crippen LogP contribution is -2.11. The molecule has 0 unspecified atom stereocenters. The first kappa shape index (κ1) is 14.5. The third-order valence-electron chi connectivity index (χ3n) is 3.69. The number of halogens is 1. The predicted octanol–water partition coefficient (Wildman–Crippen LogP) is 4.73. The van der Waals surface area contributed by atoms with Gasteiger partial charge in [0.2, 0.25) is 0 Å². The number of benzene rings is 2. The molecule has 0 aliphatic heterocycles. The Morgan fingerprint density at radius 2 is 1.96 bits per heavy atom. The number of rotatable bonds is 3. The number of H-pyrrole nitrogens is 1. The molecule has 0 saturated heterocycles. The monoisotopic (exact) mass is 337 g/mol. The molecule has 0 aliphatic carbocycles. The highest BCUT2D eigenvalue weighted by Gasteiger charge is 2.15. The number of carbonyl (C=O) groups excluding carboxylic acids is 1. The molecule has 118 valence electrons. The van der Waals surface area contributed by atoms with Crippen LogP contribution in [0.2, 0.25) is 5.02 Å². The number of furan rings is 1. The molecule has 2 heterocycles. The Morgan fingerprint density at radius 1 is 1.08 bits per heavy atom. The predicted molar refractivity (Wildman–Crippen MR) is 93.2 cm³/mol. The van der Waals surface area contributed by atoms with Gasteiger partial charge < -0.3 is 9.73 Å². The number of hydrogen-bond donors (Lipinski definition) is 2. The van der Waals surface area contributed by atoms with Gasteiger partial charge in [0.05, 0.1) is 22.4 Å². The Kier molecular flexibility index (Phi) is 3.55. The number of aromatic amines is 1. The van der Waals surface area contributed by atoms with E-state index >= 15 is 0 Å². The van der Waals surface area contributed by atoms with Crippen molar-refractivity contribution in [1.29, 1.82) is 0 Å². The lowest BCUT2D eigenvalue weighted by atomic mass is 10.2. The SMILES string of the molecule is O=C(Nc1cccc2cn[nH]c12)c1ccc(-c2ccccc2Cl)o1. The molecule has 0 aliphatic rings. The van der Waals surface area contributed by atoms with Gasteiger partial charge in [-0.3, -0.25) is 9.89 Å². The van der Waals surface area contributed by atoms with Crippen molar-refractivity contribution in [2.24, 2.45) is 0 Å². The van der Waals surface area contributed by atoms with E-state index in [1.165, 1.54) is 0 Å². The number of fused-ring (bicyclic) bond motifs is 1. The van der Waals surface area contributed by atoms with E-state index in [1.807, 2.05) is 30.3 Å². The summed E-state index contributed by atoms with van der Waals surface area (Å²) in [6.07, 6.45) is 1.70. The highest BCUT2D eigenvalue weighted by atomic mass is 35.5. The van der Waals surface area contributed by atoms with Crippen LogP contribution in [0.25, 0.3) is 22.2 Å². The number of aromatic nitrogens is 2. The summed E-state index contributed by atoms with van der Waals surface area (Å²) in [5, 5.41) is 11.2. The van der Waals surface area contributed by atoms with Crippen LogP contribution in [0.15, 0.2) is 65.2 Å². The maximum atomic E-state index is 12.4. The van der Waals surface area contributed by atoms with Crippen LogP contribution in [0, 0.1) is 0 Å². The van der Waals surface area contributed by atoms with Gasteiger partial charge in [-0.2, -0.15) is 5.10 Å². The van der Waals surface area contributed by atoms with Crippen molar-refractivity contribution >= 4 is 34.1 Å². The first-order chi connectivity index (χ1) is 11.7. The second-order valence-corrected chi connectivity index (χ2v) is 5.64. The van der Waals surface area contributed by atoms with E-state index in [-0.39, 0.29) is 11.7 Å². The molecule has 0 spiro atoms. The van der Waals surface area contributed by atoms with Crippen molar-refractivity contribution in [3.05, 3.63) is 71.6 Å². The minimum Gasteiger partial charge on any atom is -0.451 e. The van der Waals surface area contributed by atoms with Crippen molar-refractivity contribution in [2.75, 3.05) is 5.32 Å². The molecular formula is C18H12ClN3O2. The summed E-state index contributed by atoms with van der Waals surface area (Å²) in [7, 11) is 0. The zero-order chi connectivity index (χ0) is 16.5. The molecule has 0 atom stereocenters. The fraction of sp³-hybridized carbons (Fsp3) is 0. The number of nitrogens with zero attached hydrogens (tertiary/aromatic N) is 1. The van der Waals surface area contributed by atoms with Crippen molar-refractivity contribution < 1.29 is 9.21 Å². The molecule has 0 radical (unpaired) electrons. The Labute approximate surface area is 142 Å². The highest BCUT2D eigenvalue weighted by molar-refractivity contribution is 6.33. The zero-order valence-corrected chi connectivity index (χ0v) is 13.2. The Hall–Kier alpha value is -3.05. The van der Waals surface area contributed by atoms with E-state index < -0.39 is 0 Å². The van der Waals surface area contributed by atoms with E-state index in [0.717, 1.165) is 16.5 Å². The average molecular weight is 338 g/mol. The fourth-order valence-electron chi connectivity index (χ4n) is 2.52. The Morgan fingerprint density at radius 3 is 2.83 bits per heavy atom. The normalized spacial score (nSPS) is 10.9. The number of nitrogens with one attached hydrogen (secondary N) is 2. The van der Waals surface area contributed by atoms with Gasteiger partial charge in [0.15, 0.2) is 5.76 Å². The third-order valence-corrected chi connectivity index (χ3v) is 4.02. The molecule has 0 saturated carbocycles. The van der Waals surface area contributed by atoms with Crippen LogP contribution < -0.4 is 5.32 Å². The van der Waals surface area contributed by atoms with E-state index in [2.05, 4.69) is 15.5 Å². The van der Waals surface area contributed by atoms with Crippen LogP contribution in [0.3, 0.4) is 0 Å². The molecule has 2 N–H and O–H groups in total. The summed E-state index contributed by atoms with van der Waals surface area (Å²) in [5.74, 6) is 0.419. The van der Waals surface area contributed by atoms with E-state index in [4.69, 9.17) is 16.0 Å². The molecule has 5 nitrogen and oxygen atoms in total. The van der Waals surface area contributed by atoms with Gasteiger partial charge in [-0.1, -0.05) is 35.9 Å². The van der Waals surface area contributed by atoms with Crippen LogP contribution in [0.5, 0.6) is 0 Å². The smallest absolute Gasteiger partial charge is 0.291 e. The van der Waals surface area contributed by atoms with Gasteiger partial charge in [-0.15, -0.1) is 0 Å². The first-order valence-electron chi connectivity index (χ1n) is 7.30. The fourth-order valence-corrected chi connectivity index (χ4v) is 2.75. The summed E-state index contributed by atoms with van der Waals surface area (Å²) in [6.45, 7) is 0. The molecule has 6 heteroatoms. The highest BCUT2D eigenvalue weighted by Crippen LogP contribution is 2.29. The van der Waals surface area contributed by atoms with Crippen LogP contribution >= 0.6 is 11.6 Å². The molecule has 1 amide bonds. The van der Waals surface area contributed by atoms with E-state index in [1.54, 1.807) is 30.5 Å². The molecule has 0 fully saturated rings. The van der Waals surface area contributed by atoms with E-state index in [9.17, 15) is 4.79 Å².